The topological polar surface area (TPSA) is 130 Å². The Morgan fingerprint density at radius 3 is 2.84 bits per heavy atom. The van der Waals surface area contributed by atoms with E-state index in [1.54, 1.807) is 6.07 Å². The van der Waals surface area contributed by atoms with Crippen molar-refractivity contribution in [3.63, 3.8) is 0 Å². The maximum absolute atomic E-state index is 12.1. The highest BCUT2D eigenvalue weighted by atomic mass is 32.2. The molecule has 1 aromatic rings. The number of sulfonamides is 1. The van der Waals surface area contributed by atoms with Crippen molar-refractivity contribution in [3.05, 3.63) is 24.5 Å². The zero-order valence-corrected chi connectivity index (χ0v) is 15.6. The Balaban J connectivity index is 1.87. The molecule has 1 aliphatic rings. The second-order valence-electron chi connectivity index (χ2n) is 5.59. The predicted molar refractivity (Wildman–Crippen MR) is 95.6 cm³/mol. The minimum Gasteiger partial charge on any atom is -0.357 e. The summed E-state index contributed by atoms with van der Waals surface area (Å²) < 4.78 is 49.6. The van der Waals surface area contributed by atoms with Crippen LogP contribution >= 0.6 is 0 Å². The van der Waals surface area contributed by atoms with E-state index in [0.717, 1.165) is 0 Å². The molecule has 0 radical (unpaired) electrons. The zero-order chi connectivity index (χ0) is 18.3. The van der Waals surface area contributed by atoms with Gasteiger partial charge >= 0.3 is 0 Å². The van der Waals surface area contributed by atoms with Gasteiger partial charge in [0.2, 0.25) is 10.0 Å². The maximum Gasteiger partial charge on any atom is 0.242 e. The smallest absolute Gasteiger partial charge is 0.242 e. The number of sulfone groups is 1. The van der Waals surface area contributed by atoms with E-state index in [4.69, 9.17) is 0 Å². The highest BCUT2D eigenvalue weighted by molar-refractivity contribution is 7.91. The Morgan fingerprint density at radius 2 is 2.24 bits per heavy atom. The fourth-order valence-electron chi connectivity index (χ4n) is 2.36. The Kier molecular flexibility index (Phi) is 6.73. The summed E-state index contributed by atoms with van der Waals surface area (Å²) in [6, 6.07) is 2.84. The van der Waals surface area contributed by atoms with E-state index in [1.165, 1.54) is 18.5 Å². The largest absolute Gasteiger partial charge is 0.357 e. The number of guanidine groups is 1. The third-order valence-corrected chi connectivity index (χ3v) is 6.75. The number of aromatic nitrogens is 1. The zero-order valence-electron chi connectivity index (χ0n) is 14.0. The second kappa shape index (κ2) is 8.59. The second-order valence-corrected chi connectivity index (χ2v) is 9.59. The van der Waals surface area contributed by atoms with Gasteiger partial charge in [-0.1, -0.05) is 0 Å². The number of pyridine rings is 1. The molecule has 3 N–H and O–H groups in total. The van der Waals surface area contributed by atoms with Crippen molar-refractivity contribution in [2.45, 2.75) is 24.3 Å². The van der Waals surface area contributed by atoms with Crippen LogP contribution in [0.2, 0.25) is 0 Å². The van der Waals surface area contributed by atoms with Gasteiger partial charge in [0.05, 0.1) is 18.1 Å². The molecule has 2 rings (SSSR count). The van der Waals surface area contributed by atoms with Gasteiger partial charge in [0.15, 0.2) is 15.8 Å². The Bertz CT molecular complexity index is 794. The van der Waals surface area contributed by atoms with E-state index in [2.05, 4.69) is 25.3 Å². The lowest BCUT2D eigenvalue weighted by Gasteiger charge is -2.15. The summed E-state index contributed by atoms with van der Waals surface area (Å²) in [6.45, 7) is 2.85. The minimum atomic E-state index is -3.61. The van der Waals surface area contributed by atoms with Crippen LogP contribution in [0, 0.1) is 0 Å². The van der Waals surface area contributed by atoms with Crippen LogP contribution in [0.25, 0.3) is 0 Å². The molecular weight excluding hydrogens is 366 g/mol. The molecule has 0 spiro atoms. The molecule has 0 bridgehead atoms. The molecule has 1 saturated heterocycles. The van der Waals surface area contributed by atoms with Crippen molar-refractivity contribution >= 4 is 25.8 Å². The van der Waals surface area contributed by atoms with Crippen molar-refractivity contribution in [3.8, 4) is 0 Å². The number of hydrogen-bond acceptors (Lipinski definition) is 6. The van der Waals surface area contributed by atoms with E-state index in [0.29, 0.717) is 18.9 Å². The lowest BCUT2D eigenvalue weighted by atomic mass is 10.3. The average Bonchev–Trinajstić information content (AvgIpc) is 2.91. The van der Waals surface area contributed by atoms with Gasteiger partial charge in [-0.05, 0) is 25.5 Å². The predicted octanol–water partition coefficient (Wildman–Crippen LogP) is -0.898. The highest BCUT2D eigenvalue weighted by Gasteiger charge is 2.28. The van der Waals surface area contributed by atoms with Crippen molar-refractivity contribution in [2.24, 2.45) is 4.99 Å². The van der Waals surface area contributed by atoms with Crippen LogP contribution in [0.3, 0.4) is 0 Å². The molecule has 25 heavy (non-hydrogen) atoms. The standard InChI is InChI=1S/C14H23N5O4S2/c1-2-16-14(19-12-5-9-24(20,21)11-12)17-7-8-18-25(22,23)13-4-3-6-15-10-13/h3-4,6,10,12,18H,2,5,7-9,11H2,1H3,(H2,16,17,19). The molecule has 1 aliphatic heterocycles. The third-order valence-electron chi connectivity index (χ3n) is 3.54. The minimum absolute atomic E-state index is 0.0883. The number of rotatable bonds is 7. The van der Waals surface area contributed by atoms with Gasteiger partial charge in [0.25, 0.3) is 0 Å². The molecular formula is C14H23N5O4S2. The maximum atomic E-state index is 12.1. The van der Waals surface area contributed by atoms with E-state index in [1.807, 2.05) is 6.92 Å². The van der Waals surface area contributed by atoms with Gasteiger partial charge in [0, 0.05) is 31.5 Å². The summed E-state index contributed by atoms with van der Waals surface area (Å²) in [7, 11) is -6.58. The molecule has 1 aromatic heterocycles. The van der Waals surface area contributed by atoms with Crippen molar-refractivity contribution in [1.82, 2.24) is 20.3 Å². The molecule has 0 saturated carbocycles. The first kappa shape index (κ1) is 19.6. The number of aliphatic imine (C=N–C) groups is 1. The highest BCUT2D eigenvalue weighted by Crippen LogP contribution is 2.11. The van der Waals surface area contributed by atoms with Crippen LogP contribution in [-0.2, 0) is 19.9 Å². The monoisotopic (exact) mass is 389 g/mol. The molecule has 0 aliphatic carbocycles. The van der Waals surface area contributed by atoms with Gasteiger partial charge in [-0.2, -0.15) is 0 Å². The molecule has 11 heteroatoms. The van der Waals surface area contributed by atoms with Gasteiger partial charge in [-0.15, -0.1) is 0 Å². The first-order valence-corrected chi connectivity index (χ1v) is 11.3. The van der Waals surface area contributed by atoms with Crippen LogP contribution in [-0.4, -0.2) is 65.0 Å². The van der Waals surface area contributed by atoms with Crippen molar-refractivity contribution in [1.29, 1.82) is 0 Å². The van der Waals surface area contributed by atoms with Gasteiger partial charge in [-0.3, -0.25) is 9.98 Å². The third kappa shape index (κ3) is 6.25. The van der Waals surface area contributed by atoms with Crippen molar-refractivity contribution in [2.75, 3.05) is 31.1 Å². The van der Waals surface area contributed by atoms with Crippen LogP contribution in [0.15, 0.2) is 34.4 Å². The number of hydrogen-bond donors (Lipinski definition) is 3. The van der Waals surface area contributed by atoms with E-state index in [-0.39, 0.29) is 35.5 Å². The summed E-state index contributed by atoms with van der Waals surface area (Å²) in [5.41, 5.74) is 0. The first-order valence-electron chi connectivity index (χ1n) is 7.97. The van der Waals surface area contributed by atoms with Crippen molar-refractivity contribution < 1.29 is 16.8 Å². The summed E-state index contributed by atoms with van der Waals surface area (Å²) in [4.78, 5) is 8.16. The number of nitrogens with zero attached hydrogens (tertiary/aromatic N) is 2. The summed E-state index contributed by atoms with van der Waals surface area (Å²) in [6.07, 6.45) is 3.32. The first-order chi connectivity index (χ1) is 11.8. The lowest BCUT2D eigenvalue weighted by molar-refractivity contribution is 0.581. The van der Waals surface area contributed by atoms with Crippen LogP contribution in [0.5, 0.6) is 0 Å². The van der Waals surface area contributed by atoms with Crippen LogP contribution in [0.4, 0.5) is 0 Å². The van der Waals surface area contributed by atoms with E-state index < -0.39 is 19.9 Å². The van der Waals surface area contributed by atoms with Gasteiger partial charge in [0.1, 0.15) is 4.90 Å². The Morgan fingerprint density at radius 1 is 1.44 bits per heavy atom. The SMILES string of the molecule is CCNC(=NCCNS(=O)(=O)c1cccnc1)NC1CCS(=O)(=O)C1. The molecule has 140 valence electrons. The molecule has 0 amide bonds. The molecule has 1 atom stereocenters. The normalized spacial score (nSPS) is 20.4. The van der Waals surface area contributed by atoms with Crippen LogP contribution < -0.4 is 15.4 Å². The summed E-state index contributed by atoms with van der Waals surface area (Å²) >= 11 is 0. The van der Waals surface area contributed by atoms with E-state index in [9.17, 15) is 16.8 Å². The fourth-order valence-corrected chi connectivity index (χ4v) is 5.02. The summed E-state index contributed by atoms with van der Waals surface area (Å²) in [5, 5.41) is 6.10. The molecule has 0 aromatic carbocycles. The van der Waals surface area contributed by atoms with Crippen LogP contribution in [0.1, 0.15) is 13.3 Å². The lowest BCUT2D eigenvalue weighted by Crippen LogP contribution is -2.44. The Hall–Kier alpha value is -1.72. The summed E-state index contributed by atoms with van der Waals surface area (Å²) in [5.74, 6) is 0.741. The van der Waals surface area contributed by atoms with Gasteiger partial charge < -0.3 is 10.6 Å². The molecule has 2 heterocycles. The molecule has 1 unspecified atom stereocenters. The quantitative estimate of drug-likeness (QED) is 0.313. The fraction of sp³-hybridized carbons (Fsp3) is 0.571. The number of nitrogens with one attached hydrogen (secondary N) is 3. The average molecular weight is 390 g/mol. The molecule has 1 fully saturated rings. The molecule has 9 nitrogen and oxygen atoms in total. The van der Waals surface area contributed by atoms with Gasteiger partial charge in [-0.25, -0.2) is 21.6 Å². The Labute approximate surface area is 148 Å². The van der Waals surface area contributed by atoms with E-state index >= 15 is 0 Å².